The second-order valence-electron chi connectivity index (χ2n) is 4.46. The highest BCUT2D eigenvalue weighted by Gasteiger charge is 2.17. The monoisotopic (exact) mass is 219 g/mol. The third-order valence-electron chi connectivity index (χ3n) is 2.80. The molecule has 1 aromatic carbocycles. The van der Waals surface area contributed by atoms with E-state index in [-0.39, 0.29) is 11.7 Å². The van der Waals surface area contributed by atoms with Gasteiger partial charge in [0.05, 0.1) is 0 Å². The predicted molar refractivity (Wildman–Crippen MR) is 67.7 cm³/mol. The summed E-state index contributed by atoms with van der Waals surface area (Å²) in [6.45, 7) is 6.55. The molecule has 1 unspecified atom stereocenters. The number of nitrogens with two attached hydrogens (primary N) is 1. The molecule has 2 nitrogen and oxygen atoms in total. The molecule has 2 N–H and O–H groups in total. The number of carbonyl (C=O) groups is 1. The molecule has 2 heteroatoms. The van der Waals surface area contributed by atoms with Crippen molar-refractivity contribution in [3.63, 3.8) is 0 Å². The van der Waals surface area contributed by atoms with Gasteiger partial charge in [-0.2, -0.15) is 0 Å². The molecular formula is C14H21NO. The summed E-state index contributed by atoms with van der Waals surface area (Å²) >= 11 is 0. The Labute approximate surface area is 97.9 Å². The SMILES string of the molecule is CCCC(CN)C(=O)c1cc(C)cc(C)c1. The zero-order valence-corrected chi connectivity index (χ0v) is 10.4. The summed E-state index contributed by atoms with van der Waals surface area (Å²) in [5.41, 5.74) is 8.73. The van der Waals surface area contributed by atoms with Crippen LogP contribution in [0.15, 0.2) is 18.2 Å². The number of hydrogen-bond donors (Lipinski definition) is 1. The van der Waals surface area contributed by atoms with Gasteiger partial charge in [0, 0.05) is 18.0 Å². The molecule has 0 bridgehead atoms. The summed E-state index contributed by atoms with van der Waals surface area (Å²) in [7, 11) is 0. The van der Waals surface area contributed by atoms with Gasteiger partial charge in [-0.3, -0.25) is 4.79 Å². The van der Waals surface area contributed by atoms with Gasteiger partial charge in [0.1, 0.15) is 0 Å². The van der Waals surface area contributed by atoms with E-state index in [1.807, 2.05) is 26.0 Å². The zero-order chi connectivity index (χ0) is 12.1. The molecule has 0 radical (unpaired) electrons. The minimum Gasteiger partial charge on any atom is -0.330 e. The van der Waals surface area contributed by atoms with Crippen LogP contribution in [0.25, 0.3) is 0 Å². The zero-order valence-electron chi connectivity index (χ0n) is 10.4. The fourth-order valence-corrected chi connectivity index (χ4v) is 2.06. The van der Waals surface area contributed by atoms with Crippen LogP contribution in [0.4, 0.5) is 0 Å². The molecule has 1 aromatic rings. The number of benzene rings is 1. The normalized spacial score (nSPS) is 12.5. The lowest BCUT2D eigenvalue weighted by Gasteiger charge is -2.13. The number of rotatable bonds is 5. The lowest BCUT2D eigenvalue weighted by Crippen LogP contribution is -2.23. The summed E-state index contributed by atoms with van der Waals surface area (Å²) in [5.74, 6) is 0.169. The lowest BCUT2D eigenvalue weighted by molar-refractivity contribution is 0.0917. The van der Waals surface area contributed by atoms with Gasteiger partial charge in [0.15, 0.2) is 5.78 Å². The van der Waals surface area contributed by atoms with Crippen molar-refractivity contribution < 1.29 is 4.79 Å². The third kappa shape index (κ3) is 3.17. The van der Waals surface area contributed by atoms with Crippen molar-refractivity contribution in [1.82, 2.24) is 0 Å². The lowest BCUT2D eigenvalue weighted by atomic mass is 9.92. The molecule has 0 aliphatic rings. The second-order valence-corrected chi connectivity index (χ2v) is 4.46. The molecule has 0 aromatic heterocycles. The highest BCUT2D eigenvalue weighted by molar-refractivity contribution is 5.98. The number of carbonyl (C=O) groups excluding carboxylic acids is 1. The van der Waals surface area contributed by atoms with E-state index in [1.165, 1.54) is 0 Å². The molecular weight excluding hydrogens is 198 g/mol. The van der Waals surface area contributed by atoms with Crippen LogP contribution in [0.1, 0.15) is 41.3 Å². The van der Waals surface area contributed by atoms with Gasteiger partial charge < -0.3 is 5.73 Å². The minimum absolute atomic E-state index is 0.0220. The Bertz CT molecular complexity index is 351. The van der Waals surface area contributed by atoms with Gasteiger partial charge in [0.2, 0.25) is 0 Å². The van der Waals surface area contributed by atoms with E-state index in [2.05, 4.69) is 13.0 Å². The first-order valence-electron chi connectivity index (χ1n) is 5.91. The summed E-state index contributed by atoms with van der Waals surface area (Å²) in [4.78, 5) is 12.2. The fraction of sp³-hybridized carbons (Fsp3) is 0.500. The molecule has 0 aliphatic carbocycles. The Morgan fingerprint density at radius 3 is 2.25 bits per heavy atom. The van der Waals surface area contributed by atoms with E-state index < -0.39 is 0 Å². The molecule has 0 heterocycles. The molecule has 0 saturated heterocycles. The maximum Gasteiger partial charge on any atom is 0.167 e. The number of aryl methyl sites for hydroxylation is 2. The average Bonchev–Trinajstić information content (AvgIpc) is 2.23. The molecule has 0 amide bonds. The molecule has 1 rings (SSSR count). The van der Waals surface area contributed by atoms with Gasteiger partial charge in [-0.25, -0.2) is 0 Å². The Morgan fingerprint density at radius 1 is 1.25 bits per heavy atom. The molecule has 0 saturated carbocycles. The van der Waals surface area contributed by atoms with Crippen molar-refractivity contribution in [2.45, 2.75) is 33.6 Å². The van der Waals surface area contributed by atoms with E-state index in [0.717, 1.165) is 29.5 Å². The summed E-state index contributed by atoms with van der Waals surface area (Å²) in [6.07, 6.45) is 1.88. The highest BCUT2D eigenvalue weighted by Crippen LogP contribution is 2.16. The van der Waals surface area contributed by atoms with Crippen molar-refractivity contribution in [3.8, 4) is 0 Å². The van der Waals surface area contributed by atoms with Crippen molar-refractivity contribution in [3.05, 3.63) is 34.9 Å². The molecule has 16 heavy (non-hydrogen) atoms. The number of Topliss-reactive ketones (excluding diaryl/α,β-unsaturated/α-hetero) is 1. The van der Waals surface area contributed by atoms with Crippen LogP contribution in [0, 0.1) is 19.8 Å². The van der Waals surface area contributed by atoms with Gasteiger partial charge in [-0.15, -0.1) is 0 Å². The van der Waals surface area contributed by atoms with Crippen LogP contribution >= 0.6 is 0 Å². The van der Waals surface area contributed by atoms with Crippen LogP contribution in [-0.4, -0.2) is 12.3 Å². The molecule has 0 aliphatic heterocycles. The Kier molecular flexibility index (Phi) is 4.69. The topological polar surface area (TPSA) is 43.1 Å². The smallest absolute Gasteiger partial charge is 0.167 e. The first-order valence-corrected chi connectivity index (χ1v) is 5.91. The minimum atomic E-state index is -0.0220. The van der Waals surface area contributed by atoms with Crippen molar-refractivity contribution >= 4 is 5.78 Å². The quantitative estimate of drug-likeness (QED) is 0.774. The van der Waals surface area contributed by atoms with E-state index in [1.54, 1.807) is 0 Å². The third-order valence-corrected chi connectivity index (χ3v) is 2.80. The second kappa shape index (κ2) is 5.80. The van der Waals surface area contributed by atoms with Gasteiger partial charge >= 0.3 is 0 Å². The largest absolute Gasteiger partial charge is 0.330 e. The van der Waals surface area contributed by atoms with Crippen molar-refractivity contribution in [1.29, 1.82) is 0 Å². The van der Waals surface area contributed by atoms with E-state index >= 15 is 0 Å². The maximum absolute atomic E-state index is 12.2. The predicted octanol–water partition coefficient (Wildman–Crippen LogP) is 2.86. The fourth-order valence-electron chi connectivity index (χ4n) is 2.06. The summed E-state index contributed by atoms with van der Waals surface area (Å²) in [6, 6.07) is 5.98. The van der Waals surface area contributed by atoms with Gasteiger partial charge in [-0.1, -0.05) is 30.5 Å². The number of ketones is 1. The maximum atomic E-state index is 12.2. The van der Waals surface area contributed by atoms with Crippen molar-refractivity contribution in [2.75, 3.05) is 6.54 Å². The highest BCUT2D eigenvalue weighted by atomic mass is 16.1. The van der Waals surface area contributed by atoms with E-state index in [0.29, 0.717) is 6.54 Å². The van der Waals surface area contributed by atoms with E-state index in [4.69, 9.17) is 5.73 Å². The molecule has 0 fully saturated rings. The standard InChI is InChI=1S/C14H21NO/c1-4-5-12(9-15)14(16)13-7-10(2)6-11(3)8-13/h6-8,12H,4-5,9,15H2,1-3H3. The Balaban J connectivity index is 2.94. The van der Waals surface area contributed by atoms with Gasteiger partial charge in [-0.05, 0) is 32.4 Å². The first kappa shape index (κ1) is 12.9. The van der Waals surface area contributed by atoms with Crippen molar-refractivity contribution in [2.24, 2.45) is 11.7 Å². The summed E-state index contributed by atoms with van der Waals surface area (Å²) in [5, 5.41) is 0. The molecule has 88 valence electrons. The molecule has 0 spiro atoms. The van der Waals surface area contributed by atoms with Crippen LogP contribution in [0.2, 0.25) is 0 Å². The molecule has 1 atom stereocenters. The summed E-state index contributed by atoms with van der Waals surface area (Å²) < 4.78 is 0. The average molecular weight is 219 g/mol. The van der Waals surface area contributed by atoms with Crippen LogP contribution < -0.4 is 5.73 Å². The Hall–Kier alpha value is -1.15. The Morgan fingerprint density at radius 2 is 1.81 bits per heavy atom. The van der Waals surface area contributed by atoms with E-state index in [9.17, 15) is 4.79 Å². The van der Waals surface area contributed by atoms with Crippen LogP contribution in [-0.2, 0) is 0 Å². The number of hydrogen-bond acceptors (Lipinski definition) is 2. The van der Waals surface area contributed by atoms with Gasteiger partial charge in [0.25, 0.3) is 0 Å². The first-order chi connectivity index (χ1) is 7.58. The van der Waals surface area contributed by atoms with Crippen LogP contribution in [0.5, 0.6) is 0 Å². The van der Waals surface area contributed by atoms with Crippen LogP contribution in [0.3, 0.4) is 0 Å².